The first-order valence-electron chi connectivity index (χ1n) is 9.62. The van der Waals surface area contributed by atoms with Crippen molar-refractivity contribution < 1.29 is 0 Å². The molecule has 0 aliphatic carbocycles. The molecule has 0 aliphatic rings. The van der Waals surface area contributed by atoms with E-state index >= 15 is 0 Å². The van der Waals surface area contributed by atoms with Crippen LogP contribution in [0.15, 0.2) is 48.8 Å². The molecule has 0 aliphatic heterocycles. The Hall–Kier alpha value is -2.72. The van der Waals surface area contributed by atoms with Gasteiger partial charge in [-0.2, -0.15) is 0 Å². The van der Waals surface area contributed by atoms with E-state index in [2.05, 4.69) is 92.4 Å². The summed E-state index contributed by atoms with van der Waals surface area (Å²) in [5, 5.41) is 4.62. The summed E-state index contributed by atoms with van der Waals surface area (Å²) in [6.45, 7) is 10.9. The molecule has 0 fully saturated rings. The van der Waals surface area contributed by atoms with Gasteiger partial charge in [-0.1, -0.05) is 44.2 Å². The van der Waals surface area contributed by atoms with Gasteiger partial charge in [-0.15, -0.1) is 11.3 Å². The van der Waals surface area contributed by atoms with Crippen LogP contribution >= 0.6 is 11.3 Å². The second kappa shape index (κ2) is 7.36. The highest BCUT2D eigenvalue weighted by Gasteiger charge is 2.17. The third-order valence-corrected chi connectivity index (χ3v) is 6.31. The number of aryl methyl sites for hydroxylation is 3. The second-order valence-electron chi connectivity index (χ2n) is 7.64. The fourth-order valence-electron chi connectivity index (χ4n) is 3.47. The highest BCUT2D eigenvalue weighted by atomic mass is 32.1. The van der Waals surface area contributed by atoms with E-state index in [4.69, 9.17) is 0 Å². The smallest absolute Gasteiger partial charge is 0.143 e. The number of fused-ring (bicyclic) bond motifs is 1. The molecule has 2 aromatic heterocycles. The first-order chi connectivity index (χ1) is 13.4. The van der Waals surface area contributed by atoms with Gasteiger partial charge in [0.05, 0.1) is 5.39 Å². The van der Waals surface area contributed by atoms with Gasteiger partial charge >= 0.3 is 0 Å². The Balaban J connectivity index is 1.82. The number of aromatic nitrogens is 2. The number of nitrogens with one attached hydrogen (secondary N) is 1. The van der Waals surface area contributed by atoms with Crippen LogP contribution in [0.1, 0.15) is 41.3 Å². The monoisotopic (exact) mass is 387 g/mol. The molecule has 3 nitrogen and oxygen atoms in total. The third-order valence-electron chi connectivity index (χ3n) is 5.30. The minimum Gasteiger partial charge on any atom is -0.340 e. The normalized spacial score (nSPS) is 11.4. The Morgan fingerprint density at radius 3 is 2.32 bits per heavy atom. The van der Waals surface area contributed by atoms with Crippen molar-refractivity contribution in [3.05, 3.63) is 70.4 Å². The zero-order chi connectivity index (χ0) is 19.8. The average molecular weight is 388 g/mol. The van der Waals surface area contributed by atoms with E-state index in [1.807, 2.05) is 0 Å². The molecule has 4 rings (SSSR count). The van der Waals surface area contributed by atoms with E-state index in [0.717, 1.165) is 21.7 Å². The fourth-order valence-corrected chi connectivity index (χ4v) is 4.48. The molecule has 0 radical (unpaired) electrons. The number of benzene rings is 2. The molecule has 0 atom stereocenters. The molecule has 0 bridgehead atoms. The van der Waals surface area contributed by atoms with Crippen LogP contribution in [0.4, 0.5) is 11.5 Å². The molecule has 0 unspecified atom stereocenters. The molecule has 4 aromatic rings. The maximum atomic E-state index is 4.58. The van der Waals surface area contributed by atoms with E-state index in [1.54, 1.807) is 17.7 Å². The number of hydrogen-bond donors (Lipinski definition) is 1. The zero-order valence-electron chi connectivity index (χ0n) is 17.0. The molecule has 4 heteroatoms. The zero-order valence-corrected chi connectivity index (χ0v) is 17.8. The van der Waals surface area contributed by atoms with Crippen LogP contribution < -0.4 is 5.32 Å². The standard InChI is InChI=1S/C24H25N3S/c1-14(2)18-8-10-20(11-9-18)27-23-22-21(17(5)28-24(22)26-13-25-23)19-7-6-15(3)16(4)12-19/h6-14H,1-5H3,(H,25,26,27). The molecular weight excluding hydrogens is 362 g/mol. The van der Waals surface area contributed by atoms with E-state index in [0.29, 0.717) is 5.92 Å². The molecule has 142 valence electrons. The van der Waals surface area contributed by atoms with Crippen molar-refractivity contribution in [1.29, 1.82) is 0 Å². The number of thiophene rings is 1. The molecule has 0 saturated carbocycles. The largest absolute Gasteiger partial charge is 0.340 e. The molecule has 28 heavy (non-hydrogen) atoms. The number of hydrogen-bond acceptors (Lipinski definition) is 4. The third kappa shape index (κ3) is 3.40. The lowest BCUT2D eigenvalue weighted by atomic mass is 9.99. The lowest BCUT2D eigenvalue weighted by Gasteiger charge is -2.11. The van der Waals surface area contributed by atoms with Crippen LogP contribution in [-0.4, -0.2) is 9.97 Å². The van der Waals surface area contributed by atoms with Crippen LogP contribution in [0.5, 0.6) is 0 Å². The van der Waals surface area contributed by atoms with Crippen LogP contribution in [0.25, 0.3) is 21.3 Å². The summed E-state index contributed by atoms with van der Waals surface area (Å²) >= 11 is 1.72. The summed E-state index contributed by atoms with van der Waals surface area (Å²) in [5.41, 5.74) is 7.43. The van der Waals surface area contributed by atoms with Crippen molar-refractivity contribution >= 4 is 33.1 Å². The first-order valence-corrected chi connectivity index (χ1v) is 10.4. The first kappa shape index (κ1) is 18.6. The van der Waals surface area contributed by atoms with E-state index < -0.39 is 0 Å². The van der Waals surface area contributed by atoms with Crippen molar-refractivity contribution in [2.45, 2.75) is 40.5 Å². The fraction of sp³-hybridized carbons (Fsp3) is 0.250. The van der Waals surface area contributed by atoms with Crippen molar-refractivity contribution in [2.24, 2.45) is 0 Å². The Morgan fingerprint density at radius 1 is 0.893 bits per heavy atom. The number of anilines is 2. The van der Waals surface area contributed by atoms with Gasteiger partial charge in [-0.05, 0) is 61.1 Å². The summed E-state index contributed by atoms with van der Waals surface area (Å²) < 4.78 is 0. The summed E-state index contributed by atoms with van der Waals surface area (Å²) in [6, 6.07) is 15.2. The lowest BCUT2D eigenvalue weighted by Crippen LogP contribution is -1.96. The van der Waals surface area contributed by atoms with Crippen molar-refractivity contribution in [3.63, 3.8) is 0 Å². The van der Waals surface area contributed by atoms with Crippen molar-refractivity contribution in [2.75, 3.05) is 5.32 Å². The minimum absolute atomic E-state index is 0.524. The maximum absolute atomic E-state index is 4.58. The van der Waals surface area contributed by atoms with E-state index in [1.165, 1.54) is 32.7 Å². The summed E-state index contributed by atoms with van der Waals surface area (Å²) in [4.78, 5) is 11.4. The van der Waals surface area contributed by atoms with Crippen LogP contribution in [0.2, 0.25) is 0 Å². The molecule has 0 saturated heterocycles. The molecule has 0 spiro atoms. The van der Waals surface area contributed by atoms with E-state index in [-0.39, 0.29) is 0 Å². The summed E-state index contributed by atoms with van der Waals surface area (Å²) in [7, 11) is 0. The van der Waals surface area contributed by atoms with Gasteiger partial charge in [0.2, 0.25) is 0 Å². The predicted molar refractivity (Wildman–Crippen MR) is 121 cm³/mol. The van der Waals surface area contributed by atoms with Gasteiger partial charge in [0.1, 0.15) is 17.0 Å². The van der Waals surface area contributed by atoms with Crippen LogP contribution in [0.3, 0.4) is 0 Å². The van der Waals surface area contributed by atoms with Gasteiger partial charge in [-0.3, -0.25) is 0 Å². The quantitative estimate of drug-likeness (QED) is 0.404. The van der Waals surface area contributed by atoms with Gasteiger partial charge in [0, 0.05) is 16.1 Å². The number of nitrogens with zero attached hydrogens (tertiary/aromatic N) is 2. The molecule has 0 amide bonds. The van der Waals surface area contributed by atoms with Crippen molar-refractivity contribution in [3.8, 4) is 11.1 Å². The predicted octanol–water partition coefficient (Wildman–Crippen LogP) is 7.15. The van der Waals surface area contributed by atoms with Gasteiger partial charge < -0.3 is 5.32 Å². The molecule has 2 aromatic carbocycles. The van der Waals surface area contributed by atoms with Gasteiger partial charge in [-0.25, -0.2) is 9.97 Å². The van der Waals surface area contributed by atoms with Crippen LogP contribution in [0, 0.1) is 20.8 Å². The van der Waals surface area contributed by atoms with Gasteiger partial charge in [0.15, 0.2) is 0 Å². The highest BCUT2D eigenvalue weighted by molar-refractivity contribution is 7.19. The van der Waals surface area contributed by atoms with Gasteiger partial charge in [0.25, 0.3) is 0 Å². The Morgan fingerprint density at radius 2 is 1.64 bits per heavy atom. The SMILES string of the molecule is Cc1ccc(-c2c(C)sc3ncnc(Nc4ccc(C(C)C)cc4)c23)cc1C. The average Bonchev–Trinajstić information content (AvgIpc) is 3.01. The molecule has 2 heterocycles. The second-order valence-corrected chi connectivity index (χ2v) is 8.84. The Bertz CT molecular complexity index is 1140. The highest BCUT2D eigenvalue weighted by Crippen LogP contribution is 2.41. The topological polar surface area (TPSA) is 37.8 Å². The van der Waals surface area contributed by atoms with E-state index in [9.17, 15) is 0 Å². The summed E-state index contributed by atoms with van der Waals surface area (Å²) in [6.07, 6.45) is 1.65. The Kier molecular flexibility index (Phi) is 4.90. The maximum Gasteiger partial charge on any atom is 0.143 e. The molecule has 1 N–H and O–H groups in total. The minimum atomic E-state index is 0.524. The Labute approximate surface area is 170 Å². The number of rotatable bonds is 4. The lowest BCUT2D eigenvalue weighted by molar-refractivity contribution is 0.867. The molecular formula is C24H25N3S. The van der Waals surface area contributed by atoms with Crippen LogP contribution in [-0.2, 0) is 0 Å². The summed E-state index contributed by atoms with van der Waals surface area (Å²) in [5.74, 6) is 1.38. The van der Waals surface area contributed by atoms with Crippen molar-refractivity contribution in [1.82, 2.24) is 9.97 Å².